The first-order valence-electron chi connectivity index (χ1n) is 11.1. The van der Waals surface area contributed by atoms with E-state index in [-0.39, 0.29) is 17.7 Å². The predicted molar refractivity (Wildman–Crippen MR) is 140 cm³/mol. The highest BCUT2D eigenvalue weighted by molar-refractivity contribution is 7.96. The Bertz CT molecular complexity index is 1250. The first-order valence-corrected chi connectivity index (χ1v) is 11.9. The number of nitrogens with one attached hydrogen (secondary N) is 2. The van der Waals surface area contributed by atoms with Crippen LogP contribution in [0.5, 0.6) is 11.5 Å². The van der Waals surface area contributed by atoms with Crippen LogP contribution in [0.3, 0.4) is 0 Å². The van der Waals surface area contributed by atoms with Crippen molar-refractivity contribution in [1.82, 2.24) is 4.72 Å². The number of benzene rings is 3. The van der Waals surface area contributed by atoms with Gasteiger partial charge in [-0.3, -0.25) is 4.72 Å². The fourth-order valence-corrected chi connectivity index (χ4v) is 3.46. The Morgan fingerprint density at radius 1 is 0.973 bits per heavy atom. The molecule has 0 aliphatic rings. The highest BCUT2D eigenvalue weighted by atomic mass is 32.2. The van der Waals surface area contributed by atoms with Gasteiger partial charge in [-0.2, -0.15) is 0 Å². The van der Waals surface area contributed by atoms with Crippen molar-refractivity contribution in [2.24, 2.45) is 9.55 Å². The van der Waals surface area contributed by atoms with E-state index in [1.54, 1.807) is 37.4 Å². The Hall–Kier alpha value is -3.99. The van der Waals surface area contributed by atoms with Crippen molar-refractivity contribution in [3.63, 3.8) is 0 Å². The van der Waals surface area contributed by atoms with E-state index in [9.17, 15) is 18.0 Å². The molecule has 2 amide bonds. The number of halogens is 3. The fourth-order valence-electron chi connectivity index (χ4n) is 3.10. The van der Waals surface area contributed by atoms with Gasteiger partial charge in [-0.05, 0) is 84.1 Å². The number of hydrogen-bond donors (Lipinski definition) is 2. The molecule has 0 aliphatic carbocycles. The molecular formula is C26H25F3N4O3S. The smallest absolute Gasteiger partial charge is 0.406 e. The summed E-state index contributed by atoms with van der Waals surface area (Å²) in [6.07, 6.45) is -3.16. The van der Waals surface area contributed by atoms with Gasteiger partial charge in [0.05, 0.1) is 17.8 Å². The molecule has 0 bridgehead atoms. The zero-order valence-corrected chi connectivity index (χ0v) is 21.1. The molecule has 11 heteroatoms. The summed E-state index contributed by atoms with van der Waals surface area (Å²) in [5, 5.41) is 6.83. The molecular weight excluding hydrogens is 505 g/mol. The number of nitrogens with zero attached hydrogens (tertiary/aromatic N) is 2. The molecule has 0 heterocycles. The maximum Gasteiger partial charge on any atom is 0.573 e. The zero-order valence-electron chi connectivity index (χ0n) is 20.2. The molecule has 0 spiro atoms. The number of hydrogen-bond acceptors (Lipinski definition) is 6. The van der Waals surface area contributed by atoms with Gasteiger partial charge in [0, 0.05) is 11.9 Å². The summed E-state index contributed by atoms with van der Waals surface area (Å²) in [5.74, 6) is 0.423. The first-order chi connectivity index (χ1) is 17.6. The number of para-hydroxylation sites is 1. The number of ether oxygens (including phenoxy) is 1. The Morgan fingerprint density at radius 3 is 2.27 bits per heavy atom. The number of carbonyl (C=O) groups excluding carboxylic acids is 1. The summed E-state index contributed by atoms with van der Waals surface area (Å²) >= 11 is 0.893. The lowest BCUT2D eigenvalue weighted by Gasteiger charge is -2.13. The van der Waals surface area contributed by atoms with E-state index in [2.05, 4.69) is 38.2 Å². The molecule has 0 fully saturated rings. The Kier molecular flexibility index (Phi) is 9.56. The van der Waals surface area contributed by atoms with Crippen molar-refractivity contribution < 1.29 is 27.5 Å². The summed E-state index contributed by atoms with van der Waals surface area (Å²) in [7, 11) is 0. The Morgan fingerprint density at radius 2 is 1.62 bits per heavy atom. The summed E-state index contributed by atoms with van der Waals surface area (Å²) < 4.78 is 47.4. The van der Waals surface area contributed by atoms with E-state index in [4.69, 9.17) is 4.84 Å². The molecule has 0 radical (unpaired) electrons. The third-order valence-electron chi connectivity index (χ3n) is 4.90. The number of carbonyl (C=O) groups is 1. The third-order valence-corrected chi connectivity index (χ3v) is 5.39. The molecule has 37 heavy (non-hydrogen) atoms. The second kappa shape index (κ2) is 12.8. The van der Waals surface area contributed by atoms with Crippen LogP contribution in [0.4, 0.5) is 23.7 Å². The van der Waals surface area contributed by atoms with Crippen molar-refractivity contribution in [3.05, 3.63) is 89.5 Å². The second-order valence-corrected chi connectivity index (χ2v) is 8.63. The Balaban J connectivity index is 1.47. The van der Waals surface area contributed by atoms with Gasteiger partial charge < -0.3 is 14.9 Å². The standard InChI is InChI=1S/C26H25F3N4O3S/c1-17(2)23-6-4-5-7-24(23)31-25(34)33-37-30-16-19-8-12-22(13-9-19)36-32-18(3)20-10-14-21(15-11-20)35-26(27,28)29/h4-17H,1-3H3,(H2,31,33,34)/b30-16?,32-18-. The molecule has 7 nitrogen and oxygen atoms in total. The molecule has 3 rings (SSSR count). The molecule has 2 N–H and O–H groups in total. The van der Waals surface area contributed by atoms with Crippen LogP contribution in [-0.2, 0) is 0 Å². The molecule has 3 aromatic rings. The lowest BCUT2D eigenvalue weighted by Crippen LogP contribution is -2.23. The molecule has 0 aromatic heterocycles. The molecule has 0 saturated carbocycles. The third kappa shape index (κ3) is 9.19. The number of oxime groups is 1. The van der Waals surface area contributed by atoms with Crippen LogP contribution in [0.2, 0.25) is 0 Å². The summed E-state index contributed by atoms with van der Waals surface area (Å²) in [5.41, 5.74) is 3.62. The SMILES string of the molecule is C/C(=N/Oc1ccc(C=NSNC(=O)Nc2ccccc2C(C)C)cc1)c1ccc(OC(F)(F)F)cc1. The van der Waals surface area contributed by atoms with E-state index < -0.39 is 6.36 Å². The molecule has 0 saturated heterocycles. The van der Waals surface area contributed by atoms with Crippen molar-refractivity contribution in [2.45, 2.75) is 33.1 Å². The number of urea groups is 1. The topological polar surface area (TPSA) is 84.3 Å². The van der Waals surface area contributed by atoms with E-state index in [0.29, 0.717) is 17.0 Å². The summed E-state index contributed by atoms with van der Waals surface area (Å²) in [6, 6.07) is 19.4. The number of amides is 2. The van der Waals surface area contributed by atoms with Gasteiger partial charge in [-0.15, -0.1) is 13.2 Å². The lowest BCUT2D eigenvalue weighted by molar-refractivity contribution is -0.274. The molecule has 3 aromatic carbocycles. The highest BCUT2D eigenvalue weighted by Gasteiger charge is 2.30. The summed E-state index contributed by atoms with van der Waals surface area (Å²) in [6.45, 7) is 5.78. The molecule has 0 unspecified atom stereocenters. The molecule has 0 atom stereocenters. The molecule has 0 aliphatic heterocycles. The average Bonchev–Trinajstić information content (AvgIpc) is 2.85. The van der Waals surface area contributed by atoms with Crippen molar-refractivity contribution >= 4 is 35.8 Å². The maximum absolute atomic E-state index is 12.3. The monoisotopic (exact) mass is 530 g/mol. The van der Waals surface area contributed by atoms with Crippen LogP contribution in [0.15, 0.2) is 82.3 Å². The minimum absolute atomic E-state index is 0.275. The van der Waals surface area contributed by atoms with E-state index in [1.807, 2.05) is 24.3 Å². The average molecular weight is 531 g/mol. The molecule has 194 valence electrons. The van der Waals surface area contributed by atoms with Crippen molar-refractivity contribution in [2.75, 3.05) is 5.32 Å². The zero-order chi connectivity index (χ0) is 26.8. The first kappa shape index (κ1) is 27.6. The van der Waals surface area contributed by atoms with E-state index in [0.717, 1.165) is 28.9 Å². The number of alkyl halides is 3. The van der Waals surface area contributed by atoms with Crippen molar-refractivity contribution in [3.8, 4) is 11.5 Å². The van der Waals surface area contributed by atoms with Gasteiger partial charge in [0.2, 0.25) is 0 Å². The quantitative estimate of drug-likeness (QED) is 0.173. The van der Waals surface area contributed by atoms with Gasteiger partial charge in [-0.25, -0.2) is 9.19 Å². The normalized spacial score (nSPS) is 12.0. The Labute approximate surface area is 217 Å². The predicted octanol–water partition coefficient (Wildman–Crippen LogP) is 7.32. The van der Waals surface area contributed by atoms with Crippen molar-refractivity contribution in [1.29, 1.82) is 0 Å². The van der Waals surface area contributed by atoms with Gasteiger partial charge >= 0.3 is 12.4 Å². The van der Waals surface area contributed by atoms with Crippen LogP contribution in [0.1, 0.15) is 43.4 Å². The van der Waals surface area contributed by atoms with Gasteiger partial charge in [0.1, 0.15) is 5.75 Å². The van der Waals surface area contributed by atoms with Gasteiger partial charge in [0.15, 0.2) is 5.75 Å². The van der Waals surface area contributed by atoms with Gasteiger partial charge in [0.25, 0.3) is 0 Å². The minimum atomic E-state index is -4.74. The second-order valence-electron chi connectivity index (χ2n) is 8.03. The number of anilines is 1. The van der Waals surface area contributed by atoms with E-state index >= 15 is 0 Å². The van der Waals surface area contributed by atoms with Crippen LogP contribution >= 0.6 is 12.1 Å². The van der Waals surface area contributed by atoms with E-state index in [1.165, 1.54) is 24.3 Å². The summed E-state index contributed by atoms with van der Waals surface area (Å²) in [4.78, 5) is 17.5. The lowest BCUT2D eigenvalue weighted by atomic mass is 10.0. The fraction of sp³-hybridized carbons (Fsp3) is 0.192. The van der Waals surface area contributed by atoms with Crippen LogP contribution < -0.4 is 19.6 Å². The largest absolute Gasteiger partial charge is 0.573 e. The number of rotatable bonds is 9. The van der Waals surface area contributed by atoms with Crippen LogP contribution in [0.25, 0.3) is 0 Å². The van der Waals surface area contributed by atoms with Gasteiger partial charge in [-0.1, -0.05) is 37.2 Å². The minimum Gasteiger partial charge on any atom is -0.406 e. The van der Waals surface area contributed by atoms with Crippen LogP contribution in [-0.4, -0.2) is 24.3 Å². The highest BCUT2D eigenvalue weighted by Crippen LogP contribution is 2.24. The maximum atomic E-state index is 12.3. The van der Waals surface area contributed by atoms with Crippen LogP contribution in [0, 0.1) is 0 Å².